The van der Waals surface area contributed by atoms with Gasteiger partial charge < -0.3 is 15.5 Å². The topological polar surface area (TPSA) is 27.3 Å². The van der Waals surface area contributed by atoms with Crippen LogP contribution in [-0.2, 0) is 6.42 Å². The molecule has 0 aromatic heterocycles. The minimum Gasteiger partial charge on any atom is -0.371 e. The fourth-order valence-corrected chi connectivity index (χ4v) is 4.66. The van der Waals surface area contributed by atoms with Crippen molar-refractivity contribution in [3.8, 4) is 0 Å². The summed E-state index contributed by atoms with van der Waals surface area (Å²) in [6.07, 6.45) is 2.50. The highest BCUT2D eigenvalue weighted by molar-refractivity contribution is 5.72. The molecule has 1 fully saturated rings. The normalized spacial score (nSPS) is 25.0. The summed E-state index contributed by atoms with van der Waals surface area (Å²) in [5.74, 6) is 1.47. The van der Waals surface area contributed by atoms with Crippen molar-refractivity contribution in [3.05, 3.63) is 53.6 Å². The molecule has 1 saturated heterocycles. The van der Waals surface area contributed by atoms with E-state index in [0.29, 0.717) is 5.92 Å². The summed E-state index contributed by atoms with van der Waals surface area (Å²) in [4.78, 5) is 2.65. The van der Waals surface area contributed by atoms with E-state index in [0.717, 1.165) is 12.5 Å². The Morgan fingerprint density at radius 2 is 1.96 bits per heavy atom. The van der Waals surface area contributed by atoms with Gasteiger partial charge in [0.05, 0.1) is 0 Å². The van der Waals surface area contributed by atoms with E-state index in [1.54, 1.807) is 11.3 Å². The number of nitrogens with one attached hydrogen (secondary N) is 2. The van der Waals surface area contributed by atoms with Gasteiger partial charge in [0.1, 0.15) is 0 Å². The molecule has 3 nitrogen and oxygen atoms in total. The summed E-state index contributed by atoms with van der Waals surface area (Å²) < 4.78 is 0. The molecule has 0 bridgehead atoms. The van der Waals surface area contributed by atoms with Gasteiger partial charge in [0.2, 0.25) is 0 Å². The molecule has 3 heteroatoms. The number of benzene rings is 2. The largest absolute Gasteiger partial charge is 0.371 e. The third-order valence-electron chi connectivity index (χ3n) is 5.67. The molecule has 3 aliphatic rings. The van der Waals surface area contributed by atoms with Crippen molar-refractivity contribution < 1.29 is 0 Å². The quantitative estimate of drug-likeness (QED) is 0.889. The van der Waals surface area contributed by atoms with Crippen LogP contribution in [0.4, 0.5) is 17.1 Å². The lowest BCUT2D eigenvalue weighted by Gasteiger charge is -2.42. The Morgan fingerprint density at radius 3 is 2.87 bits per heavy atom. The van der Waals surface area contributed by atoms with Crippen LogP contribution in [0.2, 0.25) is 0 Å². The molecule has 118 valence electrons. The van der Waals surface area contributed by atoms with Gasteiger partial charge in [-0.25, -0.2) is 0 Å². The third kappa shape index (κ3) is 2.22. The van der Waals surface area contributed by atoms with Gasteiger partial charge in [-0.3, -0.25) is 0 Å². The maximum Gasteiger partial charge on any atom is 0.0436 e. The van der Waals surface area contributed by atoms with Crippen molar-refractivity contribution in [3.63, 3.8) is 0 Å². The molecule has 2 atom stereocenters. The minimum absolute atomic E-state index is 0.690. The number of rotatable bonds is 2. The first-order valence-corrected chi connectivity index (χ1v) is 8.83. The predicted octanol–water partition coefficient (Wildman–Crippen LogP) is 3.50. The van der Waals surface area contributed by atoms with Gasteiger partial charge in [-0.15, -0.1) is 0 Å². The smallest absolute Gasteiger partial charge is 0.0436 e. The molecule has 2 N–H and O–H groups in total. The summed E-state index contributed by atoms with van der Waals surface area (Å²) in [6.45, 7) is 4.78. The lowest BCUT2D eigenvalue weighted by molar-refractivity contribution is 0.470. The van der Waals surface area contributed by atoms with Gasteiger partial charge in [0.25, 0.3) is 0 Å². The molecule has 0 unspecified atom stereocenters. The lowest BCUT2D eigenvalue weighted by Crippen LogP contribution is -2.40. The second-order valence-corrected chi connectivity index (χ2v) is 7.14. The Morgan fingerprint density at radius 1 is 1.04 bits per heavy atom. The Balaban J connectivity index is 1.59. The number of nitrogens with zero attached hydrogens (tertiary/aromatic N) is 1. The van der Waals surface area contributed by atoms with Crippen molar-refractivity contribution in [2.45, 2.75) is 18.8 Å². The Kier molecular flexibility index (Phi) is 3.08. The van der Waals surface area contributed by atoms with E-state index in [-0.39, 0.29) is 0 Å². The molecule has 2 aromatic carbocycles. The van der Waals surface area contributed by atoms with Gasteiger partial charge >= 0.3 is 0 Å². The summed E-state index contributed by atoms with van der Waals surface area (Å²) >= 11 is 0. The molecule has 3 heterocycles. The van der Waals surface area contributed by atoms with Crippen LogP contribution < -0.4 is 15.5 Å². The second kappa shape index (κ2) is 5.27. The summed E-state index contributed by atoms with van der Waals surface area (Å²) in [7, 11) is 0. The van der Waals surface area contributed by atoms with Crippen LogP contribution in [0.25, 0.3) is 0 Å². The average molecular weight is 305 g/mol. The monoisotopic (exact) mass is 305 g/mol. The van der Waals surface area contributed by atoms with Crippen LogP contribution >= 0.6 is 0 Å². The predicted molar refractivity (Wildman–Crippen MR) is 95.8 cm³/mol. The summed E-state index contributed by atoms with van der Waals surface area (Å²) in [5.41, 5.74) is 7.09. The number of hydrogen-bond acceptors (Lipinski definition) is 3. The van der Waals surface area contributed by atoms with E-state index >= 15 is 0 Å². The molecule has 0 aliphatic carbocycles. The molecule has 0 radical (unpaired) electrons. The van der Waals surface area contributed by atoms with E-state index in [9.17, 15) is 0 Å². The third-order valence-corrected chi connectivity index (χ3v) is 5.67. The highest BCUT2D eigenvalue weighted by atomic mass is 15.2. The molecular formula is C20H23N3. The standard InChI is InChI=1S/C20H23N3/c1-2-6-16(7-3-1)22-17-9-14-5-4-8-23-13-15-11-21-12-19(15)18(10-17)20(14)23/h1-3,6-7,9-10,15,19,21-22H,4-5,8,11-13H2/t15-,19-/m1/s1. The first-order valence-electron chi connectivity index (χ1n) is 8.83. The van der Waals surface area contributed by atoms with Crippen LogP contribution in [0.1, 0.15) is 23.5 Å². The SMILES string of the molecule is c1ccc(Nc2cc3c4c(c2)[C@@H]2CNC[C@@H]2CN4CCC3)cc1. The van der Waals surface area contributed by atoms with E-state index < -0.39 is 0 Å². The van der Waals surface area contributed by atoms with Crippen LogP contribution in [0.15, 0.2) is 42.5 Å². The van der Waals surface area contributed by atoms with Gasteiger partial charge in [0, 0.05) is 49.2 Å². The zero-order chi connectivity index (χ0) is 15.2. The van der Waals surface area contributed by atoms with Crippen molar-refractivity contribution in [2.24, 2.45) is 5.92 Å². The fourth-order valence-electron chi connectivity index (χ4n) is 4.66. The average Bonchev–Trinajstić information content (AvgIpc) is 3.04. The maximum absolute atomic E-state index is 3.61. The Bertz CT molecular complexity index is 725. The molecule has 23 heavy (non-hydrogen) atoms. The van der Waals surface area contributed by atoms with Gasteiger partial charge in [0.15, 0.2) is 0 Å². The number of hydrogen-bond donors (Lipinski definition) is 2. The lowest BCUT2D eigenvalue weighted by atomic mass is 9.80. The van der Waals surface area contributed by atoms with E-state index in [4.69, 9.17) is 0 Å². The number of fused-ring (bicyclic) bond motifs is 2. The van der Waals surface area contributed by atoms with Crippen molar-refractivity contribution in [1.29, 1.82) is 0 Å². The Hall–Kier alpha value is -2.00. The second-order valence-electron chi connectivity index (χ2n) is 7.14. The van der Waals surface area contributed by atoms with E-state index in [1.807, 2.05) is 0 Å². The van der Waals surface area contributed by atoms with Crippen molar-refractivity contribution in [1.82, 2.24) is 5.32 Å². The minimum atomic E-state index is 0.690. The molecule has 2 aromatic rings. The Labute approximate surface area is 137 Å². The number of anilines is 3. The van der Waals surface area contributed by atoms with Crippen LogP contribution in [0.5, 0.6) is 0 Å². The van der Waals surface area contributed by atoms with Crippen molar-refractivity contribution >= 4 is 17.1 Å². The highest BCUT2D eigenvalue weighted by Gasteiger charge is 2.38. The van der Waals surface area contributed by atoms with Crippen LogP contribution in [0.3, 0.4) is 0 Å². The van der Waals surface area contributed by atoms with Crippen LogP contribution in [0, 0.1) is 5.92 Å². The molecule has 0 amide bonds. The van der Waals surface area contributed by atoms with E-state index in [2.05, 4.69) is 58.0 Å². The van der Waals surface area contributed by atoms with Gasteiger partial charge in [-0.05, 0) is 54.2 Å². The maximum atomic E-state index is 3.61. The van der Waals surface area contributed by atoms with Gasteiger partial charge in [-0.1, -0.05) is 18.2 Å². The van der Waals surface area contributed by atoms with Crippen LogP contribution in [-0.4, -0.2) is 26.2 Å². The number of aryl methyl sites for hydroxylation is 1. The number of para-hydroxylation sites is 1. The fraction of sp³-hybridized carbons (Fsp3) is 0.400. The molecular weight excluding hydrogens is 282 g/mol. The van der Waals surface area contributed by atoms with E-state index in [1.165, 1.54) is 49.4 Å². The highest BCUT2D eigenvalue weighted by Crippen LogP contribution is 2.46. The summed E-state index contributed by atoms with van der Waals surface area (Å²) in [5, 5.41) is 7.22. The zero-order valence-electron chi connectivity index (χ0n) is 13.4. The molecule has 5 rings (SSSR count). The first kappa shape index (κ1) is 13.4. The van der Waals surface area contributed by atoms with Gasteiger partial charge in [-0.2, -0.15) is 0 Å². The molecule has 0 saturated carbocycles. The van der Waals surface area contributed by atoms with Crippen molar-refractivity contribution in [2.75, 3.05) is 36.4 Å². The first-order chi connectivity index (χ1) is 11.4. The summed E-state index contributed by atoms with van der Waals surface area (Å²) in [6, 6.07) is 15.3. The zero-order valence-corrected chi connectivity index (χ0v) is 13.4. The molecule has 0 spiro atoms. The molecule has 3 aliphatic heterocycles.